The number of aryl methyl sites for hydroxylation is 4. The highest BCUT2D eigenvalue weighted by Gasteiger charge is 2.12. The third-order valence-electron chi connectivity index (χ3n) is 5.75. The maximum Gasteiger partial charge on any atom is -0.0233 e. The summed E-state index contributed by atoms with van der Waals surface area (Å²) in [6, 6.07) is 4.71. The molecular formula is C22H30. The van der Waals surface area contributed by atoms with Crippen LogP contribution in [-0.2, 0) is 12.8 Å². The van der Waals surface area contributed by atoms with E-state index in [4.69, 9.17) is 0 Å². The lowest BCUT2D eigenvalue weighted by Crippen LogP contribution is -2.05. The fourth-order valence-corrected chi connectivity index (χ4v) is 3.50. The van der Waals surface area contributed by atoms with Crippen LogP contribution in [0.2, 0.25) is 0 Å². The van der Waals surface area contributed by atoms with Crippen molar-refractivity contribution < 1.29 is 0 Å². The molecule has 0 atom stereocenters. The Morgan fingerprint density at radius 1 is 0.500 bits per heavy atom. The summed E-state index contributed by atoms with van der Waals surface area (Å²) < 4.78 is 0. The second-order valence-electron chi connectivity index (χ2n) is 6.97. The fraction of sp³-hybridized carbons (Fsp3) is 0.455. The van der Waals surface area contributed by atoms with Crippen LogP contribution in [0.4, 0.5) is 0 Å². The number of hydrogen-bond acceptors (Lipinski definition) is 0. The molecule has 2 rings (SSSR count). The van der Waals surface area contributed by atoms with Crippen molar-refractivity contribution in [3.8, 4) is 0 Å². The van der Waals surface area contributed by atoms with Crippen LogP contribution < -0.4 is 0 Å². The Bertz CT molecular complexity index is 689. The summed E-state index contributed by atoms with van der Waals surface area (Å²) in [6.45, 7) is 18.0. The third kappa shape index (κ3) is 2.97. The Hall–Kier alpha value is -1.56. The van der Waals surface area contributed by atoms with Gasteiger partial charge in [0.05, 0.1) is 0 Å². The van der Waals surface area contributed by atoms with Gasteiger partial charge in [-0.2, -0.15) is 0 Å². The van der Waals surface area contributed by atoms with Crippen molar-refractivity contribution in [1.82, 2.24) is 0 Å². The predicted molar refractivity (Wildman–Crippen MR) is 98.2 cm³/mol. The van der Waals surface area contributed by atoms with Gasteiger partial charge in [0, 0.05) is 0 Å². The summed E-state index contributed by atoms with van der Waals surface area (Å²) in [5.74, 6) is 0. The molecule has 0 nitrogen and oxygen atoms in total. The van der Waals surface area contributed by atoms with E-state index in [0.29, 0.717) is 0 Å². The lowest BCUT2D eigenvalue weighted by atomic mass is 9.86. The molecule has 22 heavy (non-hydrogen) atoms. The molecule has 0 aliphatic carbocycles. The van der Waals surface area contributed by atoms with Gasteiger partial charge in [0.25, 0.3) is 0 Å². The number of rotatable bonds is 3. The molecular weight excluding hydrogens is 264 g/mol. The summed E-state index contributed by atoms with van der Waals surface area (Å²) in [5, 5.41) is 0. The second-order valence-corrected chi connectivity index (χ2v) is 6.97. The molecule has 0 aromatic heterocycles. The first-order valence-corrected chi connectivity index (χ1v) is 8.36. The molecule has 0 saturated heterocycles. The second kappa shape index (κ2) is 6.28. The lowest BCUT2D eigenvalue weighted by Gasteiger charge is -2.19. The van der Waals surface area contributed by atoms with Crippen LogP contribution in [0.25, 0.3) is 0 Å². The molecule has 0 amide bonds. The highest BCUT2D eigenvalue weighted by molar-refractivity contribution is 5.50. The van der Waals surface area contributed by atoms with Gasteiger partial charge >= 0.3 is 0 Å². The Balaban J connectivity index is 2.36. The first-order chi connectivity index (χ1) is 10.2. The van der Waals surface area contributed by atoms with Crippen molar-refractivity contribution in [2.45, 2.75) is 68.2 Å². The fourth-order valence-electron chi connectivity index (χ4n) is 3.50. The third-order valence-corrected chi connectivity index (χ3v) is 5.75. The minimum Gasteiger partial charge on any atom is -0.0558 e. The van der Waals surface area contributed by atoms with E-state index in [2.05, 4.69) is 67.5 Å². The Kier molecular flexibility index (Phi) is 4.80. The molecule has 0 N–H and O–H groups in total. The van der Waals surface area contributed by atoms with E-state index >= 15 is 0 Å². The zero-order valence-corrected chi connectivity index (χ0v) is 15.6. The number of hydrogen-bond donors (Lipinski definition) is 0. The van der Waals surface area contributed by atoms with Crippen LogP contribution in [0.3, 0.4) is 0 Å². The molecule has 0 spiro atoms. The monoisotopic (exact) mass is 294 g/mol. The van der Waals surface area contributed by atoms with Crippen molar-refractivity contribution >= 4 is 0 Å². The average Bonchev–Trinajstić information content (AvgIpc) is 2.48. The van der Waals surface area contributed by atoms with Crippen molar-refractivity contribution in [1.29, 1.82) is 0 Å². The van der Waals surface area contributed by atoms with Gasteiger partial charge in [-0.05, 0) is 124 Å². The van der Waals surface area contributed by atoms with E-state index < -0.39 is 0 Å². The average molecular weight is 294 g/mol. The van der Waals surface area contributed by atoms with Crippen LogP contribution in [0.1, 0.15) is 55.6 Å². The maximum atomic E-state index is 2.38. The maximum absolute atomic E-state index is 2.38. The molecule has 0 heteroatoms. The van der Waals surface area contributed by atoms with Gasteiger partial charge in [-0.1, -0.05) is 12.1 Å². The van der Waals surface area contributed by atoms with E-state index in [1.807, 2.05) is 0 Å². The van der Waals surface area contributed by atoms with Gasteiger partial charge < -0.3 is 0 Å². The summed E-state index contributed by atoms with van der Waals surface area (Å²) in [5.41, 5.74) is 14.7. The van der Waals surface area contributed by atoms with Gasteiger partial charge in [0.2, 0.25) is 0 Å². The van der Waals surface area contributed by atoms with Crippen molar-refractivity contribution in [2.24, 2.45) is 0 Å². The van der Waals surface area contributed by atoms with Gasteiger partial charge in [-0.15, -0.1) is 0 Å². The molecule has 0 bridgehead atoms. The molecule has 0 aliphatic rings. The lowest BCUT2D eigenvalue weighted by molar-refractivity contribution is 0.914. The van der Waals surface area contributed by atoms with Crippen LogP contribution >= 0.6 is 0 Å². The molecule has 0 fully saturated rings. The SMILES string of the molecule is Cc1cc(C)c(CCc2c(C)c(C)c(C)c(C)c2C)cc1C. The van der Waals surface area contributed by atoms with Gasteiger partial charge in [-0.25, -0.2) is 0 Å². The van der Waals surface area contributed by atoms with Crippen LogP contribution in [0.5, 0.6) is 0 Å². The highest BCUT2D eigenvalue weighted by Crippen LogP contribution is 2.27. The van der Waals surface area contributed by atoms with Gasteiger partial charge in [-0.3, -0.25) is 0 Å². The van der Waals surface area contributed by atoms with Crippen LogP contribution in [0.15, 0.2) is 12.1 Å². The topological polar surface area (TPSA) is 0 Å². The normalized spacial score (nSPS) is 11.1. The molecule has 2 aromatic rings. The zero-order valence-electron chi connectivity index (χ0n) is 15.6. The summed E-state index contributed by atoms with van der Waals surface area (Å²) in [7, 11) is 0. The molecule has 0 saturated carbocycles. The quantitative estimate of drug-likeness (QED) is 0.657. The van der Waals surface area contributed by atoms with E-state index in [1.54, 1.807) is 5.56 Å². The first-order valence-electron chi connectivity index (χ1n) is 8.36. The molecule has 0 aliphatic heterocycles. The Morgan fingerprint density at radius 3 is 1.50 bits per heavy atom. The van der Waals surface area contributed by atoms with Crippen molar-refractivity contribution in [2.75, 3.05) is 0 Å². The molecule has 0 heterocycles. The minimum absolute atomic E-state index is 1.14. The first kappa shape index (κ1) is 16.8. The number of benzene rings is 2. The van der Waals surface area contributed by atoms with Crippen molar-refractivity contribution in [3.05, 3.63) is 67.8 Å². The summed E-state index contributed by atoms with van der Waals surface area (Å²) >= 11 is 0. The van der Waals surface area contributed by atoms with Crippen molar-refractivity contribution in [3.63, 3.8) is 0 Å². The molecule has 0 unspecified atom stereocenters. The van der Waals surface area contributed by atoms with E-state index in [0.717, 1.165) is 12.8 Å². The van der Waals surface area contributed by atoms with Crippen LogP contribution in [0, 0.1) is 55.4 Å². The molecule has 0 radical (unpaired) electrons. The summed E-state index contributed by atoms with van der Waals surface area (Å²) in [6.07, 6.45) is 2.28. The predicted octanol–water partition coefficient (Wildman–Crippen LogP) is 5.94. The van der Waals surface area contributed by atoms with E-state index in [1.165, 1.54) is 50.1 Å². The van der Waals surface area contributed by atoms with E-state index in [-0.39, 0.29) is 0 Å². The Morgan fingerprint density at radius 2 is 0.955 bits per heavy atom. The van der Waals surface area contributed by atoms with E-state index in [9.17, 15) is 0 Å². The van der Waals surface area contributed by atoms with Crippen LogP contribution in [-0.4, -0.2) is 0 Å². The largest absolute Gasteiger partial charge is 0.0558 e. The van der Waals surface area contributed by atoms with Gasteiger partial charge in [0.1, 0.15) is 0 Å². The smallest absolute Gasteiger partial charge is 0.0233 e. The highest BCUT2D eigenvalue weighted by atomic mass is 14.2. The summed E-state index contributed by atoms with van der Waals surface area (Å²) in [4.78, 5) is 0. The molecule has 2 aromatic carbocycles. The molecule has 118 valence electrons. The van der Waals surface area contributed by atoms with Gasteiger partial charge in [0.15, 0.2) is 0 Å². The Labute approximate surface area is 136 Å². The standard InChI is InChI=1S/C22H30/c1-13-11-15(3)21(12-14(13)2)9-10-22-19(7)17(5)16(4)18(6)20(22)8/h11-12H,9-10H2,1-8H3. The zero-order chi connectivity index (χ0) is 16.6. The minimum atomic E-state index is 1.14.